The van der Waals surface area contributed by atoms with E-state index in [9.17, 15) is 0 Å². The lowest BCUT2D eigenvalue weighted by Gasteiger charge is -2.18. The van der Waals surface area contributed by atoms with Crippen LogP contribution in [0.2, 0.25) is 0 Å². The van der Waals surface area contributed by atoms with Crippen molar-refractivity contribution in [3.05, 3.63) is 22.9 Å². The molecule has 1 aromatic rings. The van der Waals surface area contributed by atoms with Crippen LogP contribution in [0.5, 0.6) is 5.75 Å². The van der Waals surface area contributed by atoms with Gasteiger partial charge in [-0.1, -0.05) is 6.92 Å². The average Bonchev–Trinajstić information content (AvgIpc) is 2.26. The van der Waals surface area contributed by atoms with E-state index in [0.717, 1.165) is 23.2 Å². The van der Waals surface area contributed by atoms with E-state index >= 15 is 0 Å². The molecule has 0 aliphatic heterocycles. The van der Waals surface area contributed by atoms with Gasteiger partial charge >= 0.3 is 0 Å². The molecule has 2 atom stereocenters. The standard InChI is InChI=1S/C12H19BrN2O/c1-4-9(2)15-6-10(3)16-12-5-11(13)7-14-8-12/h5,7-10,15H,4,6H2,1-3H3. The molecule has 1 rings (SSSR count). The molecule has 0 aliphatic rings. The molecule has 0 radical (unpaired) electrons. The van der Waals surface area contributed by atoms with Gasteiger partial charge in [0.05, 0.1) is 6.20 Å². The summed E-state index contributed by atoms with van der Waals surface area (Å²) in [4.78, 5) is 4.06. The lowest BCUT2D eigenvalue weighted by Crippen LogP contribution is -2.34. The maximum Gasteiger partial charge on any atom is 0.139 e. The third kappa shape index (κ3) is 4.94. The molecule has 3 nitrogen and oxygen atoms in total. The summed E-state index contributed by atoms with van der Waals surface area (Å²) in [6, 6.07) is 2.46. The topological polar surface area (TPSA) is 34.1 Å². The van der Waals surface area contributed by atoms with E-state index in [1.807, 2.05) is 6.07 Å². The Kier molecular flexibility index (Phi) is 5.77. The summed E-state index contributed by atoms with van der Waals surface area (Å²) >= 11 is 3.37. The van der Waals surface area contributed by atoms with E-state index in [0.29, 0.717) is 6.04 Å². The molecular formula is C12H19BrN2O. The Morgan fingerprint density at radius 3 is 2.81 bits per heavy atom. The highest BCUT2D eigenvalue weighted by molar-refractivity contribution is 9.10. The zero-order valence-corrected chi connectivity index (χ0v) is 11.6. The Bertz CT molecular complexity index is 320. The second-order valence-corrected chi connectivity index (χ2v) is 4.90. The first-order chi connectivity index (χ1) is 7.61. The Hall–Kier alpha value is -0.610. The van der Waals surface area contributed by atoms with E-state index in [-0.39, 0.29) is 6.10 Å². The molecule has 0 spiro atoms. The molecule has 4 heteroatoms. The summed E-state index contributed by atoms with van der Waals surface area (Å²) in [5.74, 6) is 0.799. The van der Waals surface area contributed by atoms with Gasteiger partial charge in [0, 0.05) is 23.3 Å². The van der Waals surface area contributed by atoms with Crippen molar-refractivity contribution < 1.29 is 4.74 Å². The van der Waals surface area contributed by atoms with Crippen LogP contribution in [-0.4, -0.2) is 23.7 Å². The van der Waals surface area contributed by atoms with Crippen LogP contribution in [0.3, 0.4) is 0 Å². The van der Waals surface area contributed by atoms with Crippen molar-refractivity contribution in [2.45, 2.75) is 39.3 Å². The number of halogens is 1. The fourth-order valence-electron chi connectivity index (χ4n) is 1.24. The third-order valence-corrected chi connectivity index (χ3v) is 2.82. The lowest BCUT2D eigenvalue weighted by molar-refractivity contribution is 0.211. The average molecular weight is 287 g/mol. The number of aromatic nitrogens is 1. The molecule has 0 aliphatic carbocycles. The highest BCUT2D eigenvalue weighted by Gasteiger charge is 2.06. The number of pyridine rings is 1. The molecule has 0 bridgehead atoms. The van der Waals surface area contributed by atoms with Crippen LogP contribution in [0.25, 0.3) is 0 Å². The number of rotatable bonds is 6. The summed E-state index contributed by atoms with van der Waals surface area (Å²) in [5.41, 5.74) is 0. The van der Waals surface area contributed by atoms with Crippen LogP contribution in [-0.2, 0) is 0 Å². The quantitative estimate of drug-likeness (QED) is 0.873. The van der Waals surface area contributed by atoms with E-state index in [1.54, 1.807) is 12.4 Å². The molecule has 1 aromatic heterocycles. The van der Waals surface area contributed by atoms with Gasteiger partial charge in [-0.15, -0.1) is 0 Å². The molecule has 0 amide bonds. The maximum atomic E-state index is 5.74. The minimum absolute atomic E-state index is 0.144. The zero-order chi connectivity index (χ0) is 12.0. The van der Waals surface area contributed by atoms with Crippen LogP contribution < -0.4 is 10.1 Å². The molecule has 0 saturated carbocycles. The van der Waals surface area contributed by atoms with Crippen molar-refractivity contribution in [3.8, 4) is 5.75 Å². The van der Waals surface area contributed by atoms with Crippen molar-refractivity contribution in [2.75, 3.05) is 6.54 Å². The lowest BCUT2D eigenvalue weighted by atomic mass is 10.2. The largest absolute Gasteiger partial charge is 0.488 e. The molecule has 0 fully saturated rings. The fraction of sp³-hybridized carbons (Fsp3) is 0.583. The number of nitrogens with one attached hydrogen (secondary N) is 1. The van der Waals surface area contributed by atoms with Crippen molar-refractivity contribution >= 4 is 15.9 Å². The maximum absolute atomic E-state index is 5.74. The monoisotopic (exact) mass is 286 g/mol. The van der Waals surface area contributed by atoms with Gasteiger partial charge in [-0.2, -0.15) is 0 Å². The van der Waals surface area contributed by atoms with Gasteiger partial charge in [0.25, 0.3) is 0 Å². The van der Waals surface area contributed by atoms with Gasteiger partial charge in [-0.3, -0.25) is 4.98 Å². The van der Waals surface area contributed by atoms with Crippen molar-refractivity contribution in [1.29, 1.82) is 0 Å². The molecule has 1 N–H and O–H groups in total. The van der Waals surface area contributed by atoms with E-state index in [4.69, 9.17) is 4.74 Å². The van der Waals surface area contributed by atoms with E-state index in [1.165, 1.54) is 0 Å². The third-order valence-electron chi connectivity index (χ3n) is 2.38. The van der Waals surface area contributed by atoms with Crippen molar-refractivity contribution in [1.82, 2.24) is 10.3 Å². The van der Waals surface area contributed by atoms with Crippen molar-refractivity contribution in [2.24, 2.45) is 0 Å². The Balaban J connectivity index is 2.36. The van der Waals surface area contributed by atoms with Crippen LogP contribution in [0.1, 0.15) is 27.2 Å². The minimum Gasteiger partial charge on any atom is -0.488 e. The number of nitrogens with zero attached hydrogens (tertiary/aromatic N) is 1. The Labute approximate surface area is 106 Å². The van der Waals surface area contributed by atoms with Crippen LogP contribution in [0.15, 0.2) is 22.9 Å². The molecule has 16 heavy (non-hydrogen) atoms. The first-order valence-corrected chi connectivity index (χ1v) is 6.41. The number of hydrogen-bond acceptors (Lipinski definition) is 3. The summed E-state index contributed by atoms with van der Waals surface area (Å²) < 4.78 is 6.67. The normalized spacial score (nSPS) is 14.5. The Morgan fingerprint density at radius 1 is 1.44 bits per heavy atom. The second-order valence-electron chi connectivity index (χ2n) is 3.98. The van der Waals surface area contributed by atoms with Gasteiger partial charge in [0.2, 0.25) is 0 Å². The van der Waals surface area contributed by atoms with Gasteiger partial charge in [-0.05, 0) is 42.3 Å². The fourth-order valence-corrected chi connectivity index (χ4v) is 1.59. The van der Waals surface area contributed by atoms with Gasteiger partial charge in [0.1, 0.15) is 11.9 Å². The first kappa shape index (κ1) is 13.5. The van der Waals surface area contributed by atoms with E-state index in [2.05, 4.69) is 47.0 Å². The SMILES string of the molecule is CCC(C)NCC(C)Oc1cncc(Br)c1. The van der Waals surface area contributed by atoms with Crippen LogP contribution >= 0.6 is 15.9 Å². The summed E-state index contributed by atoms with van der Waals surface area (Å²) in [6.45, 7) is 7.24. The van der Waals surface area contributed by atoms with Gasteiger partial charge < -0.3 is 10.1 Å². The first-order valence-electron chi connectivity index (χ1n) is 5.62. The molecule has 2 unspecified atom stereocenters. The second kappa shape index (κ2) is 6.86. The molecule has 0 aromatic carbocycles. The van der Waals surface area contributed by atoms with Gasteiger partial charge in [-0.25, -0.2) is 0 Å². The molecular weight excluding hydrogens is 268 g/mol. The minimum atomic E-state index is 0.144. The summed E-state index contributed by atoms with van der Waals surface area (Å²) in [7, 11) is 0. The number of hydrogen-bond donors (Lipinski definition) is 1. The predicted octanol–water partition coefficient (Wildman–Crippen LogP) is 3.00. The Morgan fingerprint density at radius 2 is 2.19 bits per heavy atom. The highest BCUT2D eigenvalue weighted by Crippen LogP contribution is 2.16. The summed E-state index contributed by atoms with van der Waals surface area (Å²) in [6.07, 6.45) is 4.75. The molecule has 90 valence electrons. The molecule has 1 heterocycles. The van der Waals surface area contributed by atoms with Crippen LogP contribution in [0.4, 0.5) is 0 Å². The zero-order valence-electron chi connectivity index (χ0n) is 10.0. The van der Waals surface area contributed by atoms with Crippen LogP contribution in [0, 0.1) is 0 Å². The van der Waals surface area contributed by atoms with E-state index < -0.39 is 0 Å². The summed E-state index contributed by atoms with van der Waals surface area (Å²) in [5, 5.41) is 3.41. The smallest absolute Gasteiger partial charge is 0.139 e. The van der Waals surface area contributed by atoms with Gasteiger partial charge in [0.15, 0.2) is 0 Å². The number of ether oxygens (including phenoxy) is 1. The van der Waals surface area contributed by atoms with Crippen molar-refractivity contribution in [3.63, 3.8) is 0 Å². The predicted molar refractivity (Wildman–Crippen MR) is 69.8 cm³/mol. The highest BCUT2D eigenvalue weighted by atomic mass is 79.9. The molecule has 0 saturated heterocycles.